The van der Waals surface area contributed by atoms with Crippen LogP contribution in [0.5, 0.6) is 11.5 Å². The Bertz CT molecular complexity index is 990. The van der Waals surface area contributed by atoms with Gasteiger partial charge in [-0.2, -0.15) is 0 Å². The molecule has 0 bridgehead atoms. The van der Waals surface area contributed by atoms with Crippen LogP contribution in [0.2, 0.25) is 0 Å². The van der Waals surface area contributed by atoms with Crippen molar-refractivity contribution in [3.05, 3.63) is 71.3 Å². The zero-order valence-electron chi connectivity index (χ0n) is 16.9. The first-order chi connectivity index (χ1) is 14.2. The molecule has 0 N–H and O–H groups in total. The number of carbonyl (C=O) groups is 2. The van der Waals surface area contributed by atoms with Crippen LogP contribution >= 0.6 is 0 Å². The summed E-state index contributed by atoms with van der Waals surface area (Å²) in [4.78, 5) is 24.3. The fourth-order valence-electron chi connectivity index (χ4n) is 3.22. The van der Waals surface area contributed by atoms with Crippen LogP contribution < -0.4 is 9.47 Å². The van der Waals surface area contributed by atoms with Gasteiger partial charge in [0.1, 0.15) is 11.5 Å². The number of aldehydes is 1. The van der Waals surface area contributed by atoms with Crippen LogP contribution in [0.3, 0.4) is 0 Å². The van der Waals surface area contributed by atoms with Gasteiger partial charge in [-0.25, -0.2) is 4.79 Å². The molecule has 29 heavy (non-hydrogen) atoms. The molecule has 0 unspecified atom stereocenters. The summed E-state index contributed by atoms with van der Waals surface area (Å²) in [5, 5.41) is 1.75. The molecule has 4 heteroatoms. The van der Waals surface area contributed by atoms with E-state index in [0.29, 0.717) is 17.7 Å². The molecule has 0 fully saturated rings. The molecule has 150 valence electrons. The Labute approximate surface area is 171 Å². The minimum atomic E-state index is -0.504. The normalized spacial score (nSPS) is 10.7. The van der Waals surface area contributed by atoms with Crippen molar-refractivity contribution < 1.29 is 19.1 Å². The fourth-order valence-corrected chi connectivity index (χ4v) is 3.22. The highest BCUT2D eigenvalue weighted by Crippen LogP contribution is 2.28. The first-order valence-electron chi connectivity index (χ1n) is 10.1. The summed E-state index contributed by atoms with van der Waals surface area (Å²) < 4.78 is 11.1. The lowest BCUT2D eigenvalue weighted by Gasteiger charge is -2.11. The van der Waals surface area contributed by atoms with Crippen LogP contribution in [0.4, 0.5) is 0 Å². The summed E-state index contributed by atoms with van der Waals surface area (Å²) >= 11 is 0. The zero-order valence-corrected chi connectivity index (χ0v) is 16.9. The Morgan fingerprint density at radius 1 is 0.966 bits per heavy atom. The lowest BCUT2D eigenvalue weighted by Crippen LogP contribution is -2.10. The maximum atomic E-state index is 12.6. The van der Waals surface area contributed by atoms with E-state index in [-0.39, 0.29) is 5.75 Å². The van der Waals surface area contributed by atoms with Crippen LogP contribution in [0.25, 0.3) is 10.8 Å². The molecule has 3 aromatic carbocycles. The highest BCUT2D eigenvalue weighted by atomic mass is 16.5. The first kappa shape index (κ1) is 20.6. The smallest absolute Gasteiger partial charge is 0.343 e. The number of carbonyl (C=O) groups excluding carboxylic acids is 2. The number of hydrogen-bond acceptors (Lipinski definition) is 4. The van der Waals surface area contributed by atoms with E-state index in [0.717, 1.165) is 48.5 Å². The summed E-state index contributed by atoms with van der Waals surface area (Å²) in [6.45, 7) is 4.89. The summed E-state index contributed by atoms with van der Waals surface area (Å²) in [5.74, 6) is 0.483. The molecular formula is C25H26O4. The van der Waals surface area contributed by atoms with Crippen molar-refractivity contribution in [1.82, 2.24) is 0 Å². The molecule has 0 heterocycles. The molecule has 0 aliphatic heterocycles. The predicted molar refractivity (Wildman–Crippen MR) is 115 cm³/mol. The van der Waals surface area contributed by atoms with Gasteiger partial charge >= 0.3 is 5.97 Å². The Morgan fingerprint density at radius 3 is 2.45 bits per heavy atom. The molecule has 3 rings (SSSR count). The lowest BCUT2D eigenvalue weighted by molar-refractivity contribution is 0.0734. The number of hydrogen-bond donors (Lipinski definition) is 0. The van der Waals surface area contributed by atoms with E-state index >= 15 is 0 Å². The van der Waals surface area contributed by atoms with Crippen molar-refractivity contribution in [1.29, 1.82) is 0 Å². The molecule has 0 radical (unpaired) electrons. The van der Waals surface area contributed by atoms with Crippen molar-refractivity contribution in [2.24, 2.45) is 0 Å². The van der Waals surface area contributed by atoms with Crippen LogP contribution in [0, 0.1) is 0 Å². The van der Waals surface area contributed by atoms with Gasteiger partial charge in [0.2, 0.25) is 0 Å². The van der Waals surface area contributed by atoms with E-state index in [1.807, 2.05) is 18.2 Å². The van der Waals surface area contributed by atoms with E-state index in [4.69, 9.17) is 9.47 Å². The largest absolute Gasteiger partial charge is 0.494 e. The minimum absolute atomic E-state index is 0.268. The Morgan fingerprint density at radius 2 is 1.76 bits per heavy atom. The number of rotatable bonds is 9. The van der Waals surface area contributed by atoms with Crippen LogP contribution in [-0.4, -0.2) is 18.9 Å². The Balaban J connectivity index is 1.79. The lowest BCUT2D eigenvalue weighted by atomic mass is 10.00. The third-order valence-corrected chi connectivity index (χ3v) is 4.80. The van der Waals surface area contributed by atoms with Crippen LogP contribution in [-0.2, 0) is 6.42 Å². The second-order valence-corrected chi connectivity index (χ2v) is 7.02. The average molecular weight is 390 g/mol. The van der Waals surface area contributed by atoms with Crippen molar-refractivity contribution in [2.75, 3.05) is 6.61 Å². The number of ether oxygens (including phenoxy) is 2. The third-order valence-electron chi connectivity index (χ3n) is 4.80. The van der Waals surface area contributed by atoms with Crippen molar-refractivity contribution in [3.63, 3.8) is 0 Å². The second kappa shape index (κ2) is 9.87. The molecule has 0 spiro atoms. The first-order valence-corrected chi connectivity index (χ1v) is 10.1. The van der Waals surface area contributed by atoms with Crippen molar-refractivity contribution in [2.45, 2.75) is 39.5 Å². The summed E-state index contributed by atoms with van der Waals surface area (Å²) in [7, 11) is 0. The molecule has 0 aliphatic carbocycles. The SMILES string of the molecule is CCCCOc1ccc(C(=O)Oc2ccc3cc(CCC)ccc3c2C=O)cc1. The Hall–Kier alpha value is -3.14. The van der Waals surface area contributed by atoms with Gasteiger partial charge in [-0.1, -0.05) is 51.0 Å². The molecule has 0 amide bonds. The van der Waals surface area contributed by atoms with Gasteiger partial charge in [0, 0.05) is 0 Å². The number of fused-ring (bicyclic) bond motifs is 1. The molecule has 0 atom stereocenters. The summed E-state index contributed by atoms with van der Waals surface area (Å²) in [5.41, 5.74) is 2.02. The van der Waals surface area contributed by atoms with Gasteiger partial charge in [-0.05, 0) is 59.5 Å². The quantitative estimate of drug-likeness (QED) is 0.194. The van der Waals surface area contributed by atoms with E-state index < -0.39 is 5.97 Å². The third kappa shape index (κ3) is 5.02. The highest BCUT2D eigenvalue weighted by Gasteiger charge is 2.14. The van der Waals surface area contributed by atoms with Crippen molar-refractivity contribution in [3.8, 4) is 11.5 Å². The number of aryl methyl sites for hydroxylation is 1. The van der Waals surface area contributed by atoms with E-state index in [1.165, 1.54) is 5.56 Å². The van der Waals surface area contributed by atoms with Crippen LogP contribution in [0.1, 0.15) is 59.4 Å². The van der Waals surface area contributed by atoms with Crippen molar-refractivity contribution >= 4 is 23.0 Å². The van der Waals surface area contributed by atoms with Crippen LogP contribution in [0.15, 0.2) is 54.6 Å². The average Bonchev–Trinajstić information content (AvgIpc) is 2.74. The van der Waals surface area contributed by atoms with E-state index in [2.05, 4.69) is 19.9 Å². The van der Waals surface area contributed by atoms with Gasteiger partial charge in [-0.3, -0.25) is 4.79 Å². The molecule has 3 aromatic rings. The molecule has 0 saturated heterocycles. The van der Waals surface area contributed by atoms with Gasteiger partial charge in [-0.15, -0.1) is 0 Å². The maximum absolute atomic E-state index is 12.6. The monoisotopic (exact) mass is 390 g/mol. The second-order valence-electron chi connectivity index (χ2n) is 7.02. The molecule has 0 aliphatic rings. The number of unbranched alkanes of at least 4 members (excludes halogenated alkanes) is 1. The summed E-state index contributed by atoms with van der Waals surface area (Å²) in [6, 6.07) is 16.4. The topological polar surface area (TPSA) is 52.6 Å². The standard InChI is InChI=1S/C25H26O4/c1-3-5-15-28-21-11-8-19(9-12-21)25(27)29-24-14-10-20-16-18(6-4-2)7-13-22(20)23(24)17-26/h7-14,16-17H,3-6,15H2,1-2H3. The molecule has 4 nitrogen and oxygen atoms in total. The van der Waals surface area contributed by atoms with Gasteiger partial charge in [0.05, 0.1) is 17.7 Å². The number of benzene rings is 3. The maximum Gasteiger partial charge on any atom is 0.343 e. The van der Waals surface area contributed by atoms with Gasteiger partial charge < -0.3 is 9.47 Å². The fraction of sp³-hybridized carbons (Fsp3) is 0.280. The molecule has 0 aromatic heterocycles. The highest BCUT2D eigenvalue weighted by molar-refractivity contribution is 6.02. The minimum Gasteiger partial charge on any atom is -0.494 e. The number of esters is 1. The van der Waals surface area contributed by atoms with E-state index in [1.54, 1.807) is 30.3 Å². The molecule has 0 saturated carbocycles. The summed E-state index contributed by atoms with van der Waals surface area (Å²) in [6.07, 6.45) is 4.84. The zero-order chi connectivity index (χ0) is 20.6. The van der Waals surface area contributed by atoms with Gasteiger partial charge in [0.25, 0.3) is 0 Å². The van der Waals surface area contributed by atoms with E-state index in [9.17, 15) is 9.59 Å². The predicted octanol–water partition coefficient (Wildman–Crippen LogP) is 6.00. The molecular weight excluding hydrogens is 364 g/mol. The van der Waals surface area contributed by atoms with Gasteiger partial charge in [0.15, 0.2) is 6.29 Å². The Kier molecular flexibility index (Phi) is 7.01.